The zero-order valence-electron chi connectivity index (χ0n) is 11.3. The maximum Gasteiger partial charge on any atom is 0.243 e. The zero-order chi connectivity index (χ0) is 13.0. The van der Waals surface area contributed by atoms with Gasteiger partial charge < -0.3 is 10.2 Å². The minimum Gasteiger partial charge on any atom is -0.352 e. The fraction of sp³-hybridized carbons (Fsp3) is 0.857. The van der Waals surface area contributed by atoms with Crippen molar-refractivity contribution in [2.75, 3.05) is 6.54 Å². The average molecular weight is 252 g/mol. The monoisotopic (exact) mass is 252 g/mol. The van der Waals surface area contributed by atoms with Crippen molar-refractivity contribution in [1.82, 2.24) is 10.2 Å². The molecule has 1 aliphatic carbocycles. The summed E-state index contributed by atoms with van der Waals surface area (Å²) in [6, 6.07) is 0.129. The number of rotatable bonds is 3. The molecule has 1 atom stereocenters. The van der Waals surface area contributed by atoms with E-state index in [1.807, 2.05) is 6.92 Å². The van der Waals surface area contributed by atoms with Gasteiger partial charge in [0.15, 0.2) is 0 Å². The summed E-state index contributed by atoms with van der Waals surface area (Å²) in [5, 5.41) is 3.14. The molecular weight excluding hydrogens is 228 g/mol. The molecule has 0 spiro atoms. The molecule has 0 bridgehead atoms. The highest BCUT2D eigenvalue weighted by atomic mass is 16.2. The third-order valence-corrected chi connectivity index (χ3v) is 4.13. The van der Waals surface area contributed by atoms with Crippen LogP contribution in [0, 0.1) is 0 Å². The molecule has 4 nitrogen and oxygen atoms in total. The molecule has 4 heteroatoms. The highest BCUT2D eigenvalue weighted by Gasteiger charge is 2.34. The van der Waals surface area contributed by atoms with Crippen LogP contribution in [-0.2, 0) is 9.59 Å². The molecule has 2 amide bonds. The Kier molecular flexibility index (Phi) is 4.61. The average Bonchev–Trinajstić information content (AvgIpc) is 2.88. The van der Waals surface area contributed by atoms with Gasteiger partial charge in [0.1, 0.15) is 6.04 Å². The van der Waals surface area contributed by atoms with Crippen molar-refractivity contribution in [3.8, 4) is 0 Å². The second kappa shape index (κ2) is 6.21. The second-order valence-electron chi connectivity index (χ2n) is 5.44. The summed E-state index contributed by atoms with van der Waals surface area (Å²) in [6.07, 6.45) is 8.18. The molecule has 0 aromatic rings. The van der Waals surface area contributed by atoms with E-state index < -0.39 is 0 Å². The molecule has 1 heterocycles. The molecule has 2 fully saturated rings. The Morgan fingerprint density at radius 1 is 1.11 bits per heavy atom. The van der Waals surface area contributed by atoms with Gasteiger partial charge in [-0.25, -0.2) is 0 Å². The van der Waals surface area contributed by atoms with Crippen molar-refractivity contribution >= 4 is 11.8 Å². The number of carbonyl (C=O) groups excluding carboxylic acids is 2. The molecule has 1 saturated heterocycles. The van der Waals surface area contributed by atoms with E-state index in [2.05, 4.69) is 5.32 Å². The van der Waals surface area contributed by atoms with Crippen molar-refractivity contribution in [2.45, 2.75) is 70.4 Å². The summed E-state index contributed by atoms with van der Waals surface area (Å²) < 4.78 is 0. The lowest BCUT2D eigenvalue weighted by atomic mass is 9.95. The van der Waals surface area contributed by atoms with E-state index in [0.717, 1.165) is 32.2 Å². The van der Waals surface area contributed by atoms with E-state index >= 15 is 0 Å². The Morgan fingerprint density at radius 2 is 1.83 bits per heavy atom. The van der Waals surface area contributed by atoms with E-state index in [-0.39, 0.29) is 17.9 Å². The lowest BCUT2D eigenvalue weighted by Gasteiger charge is -2.28. The predicted octanol–water partition coefficient (Wildman–Crippen LogP) is 1.84. The zero-order valence-corrected chi connectivity index (χ0v) is 11.3. The highest BCUT2D eigenvalue weighted by Crippen LogP contribution is 2.21. The van der Waals surface area contributed by atoms with Gasteiger partial charge in [-0.05, 0) is 25.7 Å². The number of amides is 2. The Bertz CT molecular complexity index is 311. The van der Waals surface area contributed by atoms with Crippen LogP contribution in [0.2, 0.25) is 0 Å². The third-order valence-electron chi connectivity index (χ3n) is 4.13. The Labute approximate surface area is 109 Å². The first-order valence-electron chi connectivity index (χ1n) is 7.32. The van der Waals surface area contributed by atoms with Crippen LogP contribution in [0.3, 0.4) is 0 Å². The van der Waals surface area contributed by atoms with E-state index in [4.69, 9.17) is 0 Å². The normalized spacial score (nSPS) is 25.2. The molecule has 1 saturated carbocycles. The Balaban J connectivity index is 1.89. The standard InChI is InChI=1S/C14H24N2O2/c1-2-13(17)16-10-6-9-12(16)14(18)15-11-7-4-3-5-8-11/h11-12H,2-10H2,1H3,(H,15,18)/t12-/m1/s1. The number of hydrogen-bond acceptors (Lipinski definition) is 2. The molecule has 0 unspecified atom stereocenters. The van der Waals surface area contributed by atoms with E-state index in [0.29, 0.717) is 12.5 Å². The quantitative estimate of drug-likeness (QED) is 0.833. The number of carbonyl (C=O) groups is 2. The van der Waals surface area contributed by atoms with Gasteiger partial charge in [0.05, 0.1) is 0 Å². The van der Waals surface area contributed by atoms with Crippen molar-refractivity contribution in [3.63, 3.8) is 0 Å². The molecule has 1 N–H and O–H groups in total. The second-order valence-corrected chi connectivity index (χ2v) is 5.44. The highest BCUT2D eigenvalue weighted by molar-refractivity contribution is 5.88. The summed E-state index contributed by atoms with van der Waals surface area (Å²) in [6.45, 7) is 2.60. The number of nitrogens with zero attached hydrogens (tertiary/aromatic N) is 1. The van der Waals surface area contributed by atoms with E-state index in [1.54, 1.807) is 4.90 Å². The lowest BCUT2D eigenvalue weighted by molar-refractivity contribution is -0.138. The van der Waals surface area contributed by atoms with Crippen molar-refractivity contribution in [1.29, 1.82) is 0 Å². The first-order valence-corrected chi connectivity index (χ1v) is 7.32. The molecule has 102 valence electrons. The minimum absolute atomic E-state index is 0.0706. The van der Waals surface area contributed by atoms with Gasteiger partial charge in [-0.2, -0.15) is 0 Å². The van der Waals surface area contributed by atoms with Crippen LogP contribution in [0.4, 0.5) is 0 Å². The van der Waals surface area contributed by atoms with Crippen molar-refractivity contribution in [3.05, 3.63) is 0 Å². The number of hydrogen-bond donors (Lipinski definition) is 1. The minimum atomic E-state index is -0.209. The van der Waals surface area contributed by atoms with Crippen LogP contribution in [0.1, 0.15) is 58.3 Å². The van der Waals surface area contributed by atoms with Gasteiger partial charge in [0.25, 0.3) is 0 Å². The van der Waals surface area contributed by atoms with E-state index in [1.165, 1.54) is 19.3 Å². The summed E-state index contributed by atoms with van der Waals surface area (Å²) in [7, 11) is 0. The smallest absolute Gasteiger partial charge is 0.243 e. The Morgan fingerprint density at radius 3 is 2.50 bits per heavy atom. The van der Waals surface area contributed by atoms with Gasteiger partial charge in [-0.1, -0.05) is 26.2 Å². The van der Waals surface area contributed by atoms with Gasteiger partial charge in [-0.15, -0.1) is 0 Å². The van der Waals surface area contributed by atoms with Crippen LogP contribution in [0.5, 0.6) is 0 Å². The molecule has 2 rings (SSSR count). The molecular formula is C14H24N2O2. The molecule has 0 aromatic heterocycles. The van der Waals surface area contributed by atoms with Crippen LogP contribution < -0.4 is 5.32 Å². The molecule has 2 aliphatic rings. The van der Waals surface area contributed by atoms with Gasteiger partial charge >= 0.3 is 0 Å². The largest absolute Gasteiger partial charge is 0.352 e. The molecule has 0 radical (unpaired) electrons. The topological polar surface area (TPSA) is 49.4 Å². The third kappa shape index (κ3) is 3.03. The summed E-state index contributed by atoms with van der Waals surface area (Å²) in [4.78, 5) is 25.8. The van der Waals surface area contributed by atoms with Crippen LogP contribution in [-0.4, -0.2) is 35.3 Å². The molecule has 1 aliphatic heterocycles. The van der Waals surface area contributed by atoms with Crippen LogP contribution >= 0.6 is 0 Å². The molecule has 0 aromatic carbocycles. The fourth-order valence-electron chi connectivity index (χ4n) is 3.09. The first-order chi connectivity index (χ1) is 8.72. The van der Waals surface area contributed by atoms with Crippen molar-refractivity contribution in [2.24, 2.45) is 0 Å². The number of likely N-dealkylation sites (tertiary alicyclic amines) is 1. The predicted molar refractivity (Wildman–Crippen MR) is 70.0 cm³/mol. The SMILES string of the molecule is CCC(=O)N1CCC[C@@H]1C(=O)NC1CCCCC1. The first kappa shape index (κ1) is 13.4. The summed E-state index contributed by atoms with van der Waals surface area (Å²) >= 11 is 0. The lowest BCUT2D eigenvalue weighted by Crippen LogP contribution is -2.49. The van der Waals surface area contributed by atoms with Crippen LogP contribution in [0.15, 0.2) is 0 Å². The van der Waals surface area contributed by atoms with Gasteiger partial charge in [0, 0.05) is 19.0 Å². The maximum absolute atomic E-state index is 12.2. The van der Waals surface area contributed by atoms with Crippen LogP contribution in [0.25, 0.3) is 0 Å². The maximum atomic E-state index is 12.2. The fourth-order valence-corrected chi connectivity index (χ4v) is 3.09. The molecule has 18 heavy (non-hydrogen) atoms. The van der Waals surface area contributed by atoms with Crippen molar-refractivity contribution < 1.29 is 9.59 Å². The Hall–Kier alpha value is -1.06. The number of nitrogens with one attached hydrogen (secondary N) is 1. The van der Waals surface area contributed by atoms with Gasteiger partial charge in [-0.3, -0.25) is 9.59 Å². The summed E-state index contributed by atoms with van der Waals surface area (Å²) in [5.41, 5.74) is 0. The van der Waals surface area contributed by atoms with Gasteiger partial charge in [0.2, 0.25) is 11.8 Å². The summed E-state index contributed by atoms with van der Waals surface area (Å²) in [5.74, 6) is 0.178. The van der Waals surface area contributed by atoms with E-state index in [9.17, 15) is 9.59 Å².